The molecule has 0 radical (unpaired) electrons. The average Bonchev–Trinajstić information content (AvgIpc) is 2.93. The van der Waals surface area contributed by atoms with Gasteiger partial charge in [-0.3, -0.25) is 24.6 Å². The minimum Gasteiger partial charge on any atom is -0.348 e. The number of amides is 2. The first-order chi connectivity index (χ1) is 18.2. The van der Waals surface area contributed by atoms with E-state index in [2.05, 4.69) is 27.0 Å². The second-order valence-electron chi connectivity index (χ2n) is 8.78. The van der Waals surface area contributed by atoms with Gasteiger partial charge in [-0.2, -0.15) is 13.2 Å². The van der Waals surface area contributed by atoms with Gasteiger partial charge in [-0.25, -0.2) is 0 Å². The molecular weight excluding hydrogens is 495 g/mol. The van der Waals surface area contributed by atoms with Gasteiger partial charge >= 0.3 is 6.18 Å². The number of pyridine rings is 1. The Morgan fingerprint density at radius 3 is 2.55 bits per heavy atom. The first-order valence-electron chi connectivity index (χ1n) is 12.0. The van der Waals surface area contributed by atoms with Crippen molar-refractivity contribution in [1.82, 2.24) is 15.2 Å². The SMILES string of the molecule is C=Nc1cc(C(=O)N2CC[C@@H](NC(=O)c3cccnc3C(F)(F)F)[C@@H](c3ccccc3)C2)ccc1N=CC. The van der Waals surface area contributed by atoms with Crippen molar-refractivity contribution in [2.75, 3.05) is 13.1 Å². The smallest absolute Gasteiger partial charge is 0.348 e. The lowest BCUT2D eigenvalue weighted by molar-refractivity contribution is -0.141. The summed E-state index contributed by atoms with van der Waals surface area (Å²) in [6.45, 7) is 5.90. The molecule has 0 bridgehead atoms. The van der Waals surface area contributed by atoms with Crippen LogP contribution in [0.25, 0.3) is 0 Å². The molecule has 1 fully saturated rings. The van der Waals surface area contributed by atoms with Crippen molar-refractivity contribution >= 4 is 36.1 Å². The molecule has 2 atom stereocenters. The van der Waals surface area contributed by atoms with Crippen LogP contribution in [0.5, 0.6) is 0 Å². The van der Waals surface area contributed by atoms with E-state index in [1.165, 1.54) is 6.07 Å². The minimum absolute atomic E-state index is 0.223. The van der Waals surface area contributed by atoms with Crippen LogP contribution in [-0.4, -0.2) is 53.8 Å². The Hall–Kier alpha value is -4.34. The van der Waals surface area contributed by atoms with Crippen LogP contribution in [0.4, 0.5) is 24.5 Å². The molecule has 0 unspecified atom stereocenters. The molecule has 0 spiro atoms. The Balaban J connectivity index is 1.59. The van der Waals surface area contributed by atoms with Gasteiger partial charge < -0.3 is 10.2 Å². The van der Waals surface area contributed by atoms with E-state index in [1.54, 1.807) is 36.2 Å². The summed E-state index contributed by atoms with van der Waals surface area (Å²) in [5.41, 5.74) is 0.581. The maximum atomic E-state index is 13.4. The van der Waals surface area contributed by atoms with Gasteiger partial charge in [-0.15, -0.1) is 0 Å². The number of alkyl halides is 3. The zero-order valence-corrected chi connectivity index (χ0v) is 20.7. The van der Waals surface area contributed by atoms with Gasteiger partial charge in [-0.05, 0) is 56.0 Å². The number of benzene rings is 2. The summed E-state index contributed by atoms with van der Waals surface area (Å²) < 4.78 is 40.3. The third-order valence-electron chi connectivity index (χ3n) is 6.43. The van der Waals surface area contributed by atoms with E-state index in [0.717, 1.165) is 17.8 Å². The predicted octanol–water partition coefficient (Wildman–Crippen LogP) is 5.58. The van der Waals surface area contributed by atoms with Crippen LogP contribution in [0.15, 0.2) is 76.8 Å². The molecule has 3 aromatic rings. The van der Waals surface area contributed by atoms with Crippen LogP contribution < -0.4 is 5.32 Å². The summed E-state index contributed by atoms with van der Waals surface area (Å²) in [6, 6.07) is 16.2. The molecule has 1 N–H and O–H groups in total. The largest absolute Gasteiger partial charge is 0.434 e. The van der Waals surface area contributed by atoms with E-state index < -0.39 is 29.4 Å². The van der Waals surface area contributed by atoms with Crippen molar-refractivity contribution in [1.29, 1.82) is 0 Å². The molecule has 0 aliphatic carbocycles. The quantitative estimate of drug-likeness (QED) is 0.430. The number of aliphatic imine (C=N–C) groups is 2. The van der Waals surface area contributed by atoms with Crippen LogP contribution in [0, 0.1) is 0 Å². The summed E-state index contributed by atoms with van der Waals surface area (Å²) in [5, 5.41) is 2.78. The van der Waals surface area contributed by atoms with Gasteiger partial charge in [0.05, 0.1) is 16.9 Å². The Kier molecular flexibility index (Phi) is 7.99. The minimum atomic E-state index is -4.76. The highest BCUT2D eigenvalue weighted by atomic mass is 19.4. The molecule has 2 amide bonds. The molecule has 4 rings (SSSR count). The summed E-state index contributed by atoms with van der Waals surface area (Å²) in [6.07, 6.45) is -1.79. The molecular formula is C28H26F3N5O2. The molecule has 1 aromatic heterocycles. The number of nitrogens with one attached hydrogen (secondary N) is 1. The van der Waals surface area contributed by atoms with Crippen molar-refractivity contribution in [2.45, 2.75) is 31.5 Å². The van der Waals surface area contributed by atoms with Crippen LogP contribution >= 0.6 is 0 Å². The lowest BCUT2D eigenvalue weighted by Gasteiger charge is -2.39. The van der Waals surface area contributed by atoms with E-state index in [1.807, 2.05) is 30.3 Å². The standard InChI is InChI=1S/C28H26F3N5O2/c1-3-33-23-12-11-19(16-24(23)32-2)27(38)36-15-13-22(21(17-36)18-8-5-4-6-9-18)35-26(37)20-10-7-14-34-25(20)28(29,30)31/h3-12,14,16,21-22H,2,13,15,17H2,1H3,(H,35,37)/t21-,22-/m1/s1. The number of rotatable bonds is 6. The molecule has 2 aromatic carbocycles. The summed E-state index contributed by atoms with van der Waals surface area (Å²) >= 11 is 0. The monoisotopic (exact) mass is 521 g/mol. The fourth-order valence-electron chi connectivity index (χ4n) is 4.62. The second kappa shape index (κ2) is 11.4. The molecule has 196 valence electrons. The normalized spacial score (nSPS) is 17.8. The number of hydrogen-bond acceptors (Lipinski definition) is 5. The Labute approximate surface area is 218 Å². The number of aromatic nitrogens is 1. The number of halogens is 3. The summed E-state index contributed by atoms with van der Waals surface area (Å²) in [4.78, 5) is 39.7. The zero-order chi connectivity index (χ0) is 27.3. The topological polar surface area (TPSA) is 87.0 Å². The van der Waals surface area contributed by atoms with E-state index in [0.29, 0.717) is 29.9 Å². The van der Waals surface area contributed by atoms with E-state index in [-0.39, 0.29) is 18.4 Å². The fourth-order valence-corrected chi connectivity index (χ4v) is 4.62. The number of likely N-dealkylation sites (tertiary alicyclic amines) is 1. The first-order valence-corrected chi connectivity index (χ1v) is 12.0. The third kappa shape index (κ3) is 5.80. The van der Waals surface area contributed by atoms with Gasteiger partial charge in [-0.1, -0.05) is 30.3 Å². The van der Waals surface area contributed by atoms with Gasteiger partial charge in [0.2, 0.25) is 0 Å². The molecule has 38 heavy (non-hydrogen) atoms. The number of carbonyl (C=O) groups excluding carboxylic acids is 2. The maximum absolute atomic E-state index is 13.4. The van der Waals surface area contributed by atoms with Gasteiger partial charge in [0.1, 0.15) is 0 Å². The van der Waals surface area contributed by atoms with Crippen LogP contribution in [0.3, 0.4) is 0 Å². The molecule has 1 aliphatic heterocycles. The lowest BCUT2D eigenvalue weighted by atomic mass is 9.85. The number of piperidine rings is 1. The Morgan fingerprint density at radius 1 is 1.11 bits per heavy atom. The number of hydrogen-bond donors (Lipinski definition) is 1. The number of nitrogens with zero attached hydrogens (tertiary/aromatic N) is 4. The maximum Gasteiger partial charge on any atom is 0.434 e. The van der Waals surface area contributed by atoms with Gasteiger partial charge in [0.15, 0.2) is 5.69 Å². The van der Waals surface area contributed by atoms with E-state index in [4.69, 9.17) is 0 Å². The average molecular weight is 522 g/mol. The highest BCUT2D eigenvalue weighted by molar-refractivity contribution is 5.97. The predicted molar refractivity (Wildman–Crippen MR) is 140 cm³/mol. The Bertz CT molecular complexity index is 1360. The first kappa shape index (κ1) is 26.7. The van der Waals surface area contributed by atoms with E-state index >= 15 is 0 Å². The summed E-state index contributed by atoms with van der Waals surface area (Å²) in [5.74, 6) is -1.42. The second-order valence-corrected chi connectivity index (χ2v) is 8.78. The molecule has 7 nitrogen and oxygen atoms in total. The van der Waals surface area contributed by atoms with Gasteiger partial charge in [0.25, 0.3) is 11.8 Å². The highest BCUT2D eigenvalue weighted by Crippen LogP contribution is 2.33. The Morgan fingerprint density at radius 2 is 1.87 bits per heavy atom. The van der Waals surface area contributed by atoms with Gasteiger partial charge in [0, 0.05) is 43.0 Å². The number of carbonyl (C=O) groups is 2. The van der Waals surface area contributed by atoms with Crippen molar-refractivity contribution in [3.63, 3.8) is 0 Å². The van der Waals surface area contributed by atoms with Crippen LogP contribution in [-0.2, 0) is 6.18 Å². The molecule has 10 heteroatoms. The molecule has 2 heterocycles. The van der Waals surface area contributed by atoms with E-state index in [9.17, 15) is 22.8 Å². The van der Waals surface area contributed by atoms with Crippen LogP contribution in [0.1, 0.15) is 51.2 Å². The molecule has 1 aliphatic rings. The van der Waals surface area contributed by atoms with Crippen molar-refractivity contribution in [3.05, 3.63) is 89.2 Å². The molecule has 0 saturated carbocycles. The lowest BCUT2D eigenvalue weighted by Crippen LogP contribution is -2.51. The van der Waals surface area contributed by atoms with Crippen molar-refractivity contribution in [3.8, 4) is 0 Å². The third-order valence-corrected chi connectivity index (χ3v) is 6.43. The fraction of sp³-hybridized carbons (Fsp3) is 0.250. The summed E-state index contributed by atoms with van der Waals surface area (Å²) in [7, 11) is 0. The zero-order valence-electron chi connectivity index (χ0n) is 20.7. The van der Waals surface area contributed by atoms with Crippen molar-refractivity contribution < 1.29 is 22.8 Å². The van der Waals surface area contributed by atoms with Crippen LogP contribution in [0.2, 0.25) is 0 Å². The molecule has 1 saturated heterocycles. The van der Waals surface area contributed by atoms with Crippen molar-refractivity contribution in [2.24, 2.45) is 9.98 Å². The highest BCUT2D eigenvalue weighted by Gasteiger charge is 2.39.